The van der Waals surface area contributed by atoms with Crippen LogP contribution in [0.4, 0.5) is 0 Å². The second-order valence-electron chi connectivity index (χ2n) is 13.9. The first-order chi connectivity index (χ1) is 24.0. The standard InChI is InChI=1S/C43H33BN2O3/c1-24(2)26-12-9-13-27(25(3)4)41(26)46-34-18-7-6-17-33(34)45-43(46)29-15-10-14-28-30-22-39-32(23-38(30)49-42(28)29)44-31-16-5-8-19-35(31)47-36-20-11-21-37(48-39)40(36)44/h5-25H,1-4H3. The van der Waals surface area contributed by atoms with Crippen LogP contribution in [0.1, 0.15) is 50.7 Å². The number of para-hydroxylation sites is 5. The van der Waals surface area contributed by atoms with Crippen molar-refractivity contribution in [3.63, 3.8) is 0 Å². The van der Waals surface area contributed by atoms with Gasteiger partial charge in [0.05, 0.1) is 22.3 Å². The molecule has 49 heavy (non-hydrogen) atoms. The van der Waals surface area contributed by atoms with Crippen LogP contribution in [0.15, 0.2) is 120 Å². The van der Waals surface area contributed by atoms with E-state index >= 15 is 0 Å². The normalized spacial score (nSPS) is 13.1. The maximum atomic E-state index is 6.92. The molecule has 0 unspecified atom stereocenters. The third kappa shape index (κ3) is 4.04. The molecule has 8 aromatic rings. The van der Waals surface area contributed by atoms with E-state index in [1.54, 1.807) is 0 Å². The molecule has 2 aliphatic heterocycles. The van der Waals surface area contributed by atoms with Gasteiger partial charge in [-0.15, -0.1) is 0 Å². The molecule has 0 saturated heterocycles. The van der Waals surface area contributed by atoms with Crippen LogP contribution >= 0.6 is 0 Å². The zero-order chi connectivity index (χ0) is 33.0. The smallest absolute Gasteiger partial charge is 0.260 e. The second-order valence-corrected chi connectivity index (χ2v) is 13.9. The van der Waals surface area contributed by atoms with Crippen LogP contribution in [0.5, 0.6) is 23.0 Å². The molecule has 6 aromatic carbocycles. The van der Waals surface area contributed by atoms with Gasteiger partial charge in [-0.1, -0.05) is 94.4 Å². The quantitative estimate of drug-likeness (QED) is 0.181. The number of hydrogen-bond donors (Lipinski definition) is 0. The fourth-order valence-electron chi connectivity index (χ4n) is 8.05. The number of aromatic nitrogens is 2. The number of imidazole rings is 1. The summed E-state index contributed by atoms with van der Waals surface area (Å²) >= 11 is 0. The number of nitrogens with zero attached hydrogens (tertiary/aromatic N) is 2. The van der Waals surface area contributed by atoms with Crippen molar-refractivity contribution in [3.8, 4) is 40.1 Å². The van der Waals surface area contributed by atoms with E-state index in [1.165, 1.54) is 16.8 Å². The minimum absolute atomic E-state index is 0.0248. The van der Waals surface area contributed by atoms with Crippen molar-refractivity contribution >= 4 is 56.1 Å². The SMILES string of the molecule is CC(C)c1cccc(C(C)C)c1-n1c(-c2cccc3c2oc2cc4c(cc23)Oc2cccc3c2B4c2ccccc2O3)nc2ccccc21. The molecule has 6 heteroatoms. The molecule has 0 spiro atoms. The monoisotopic (exact) mass is 636 g/mol. The molecule has 0 fully saturated rings. The van der Waals surface area contributed by atoms with Crippen molar-refractivity contribution in [1.29, 1.82) is 0 Å². The third-order valence-electron chi connectivity index (χ3n) is 10.3. The Morgan fingerprint density at radius 3 is 2.08 bits per heavy atom. The lowest BCUT2D eigenvalue weighted by Crippen LogP contribution is -2.57. The molecule has 0 saturated carbocycles. The molecule has 0 N–H and O–H groups in total. The zero-order valence-electron chi connectivity index (χ0n) is 27.8. The Hall–Kier alpha value is -5.75. The topological polar surface area (TPSA) is 49.4 Å². The third-order valence-corrected chi connectivity index (χ3v) is 10.3. The Bertz CT molecular complexity index is 2620. The number of hydrogen-bond acceptors (Lipinski definition) is 4. The first-order valence-corrected chi connectivity index (χ1v) is 17.1. The summed E-state index contributed by atoms with van der Waals surface area (Å²) in [5.41, 5.74) is 11.7. The number of benzene rings is 6. The van der Waals surface area contributed by atoms with E-state index in [2.05, 4.69) is 117 Å². The molecule has 0 atom stereocenters. The summed E-state index contributed by atoms with van der Waals surface area (Å²) in [5, 5.41) is 2.05. The van der Waals surface area contributed by atoms with Crippen molar-refractivity contribution in [2.24, 2.45) is 0 Å². The van der Waals surface area contributed by atoms with E-state index in [1.807, 2.05) is 30.3 Å². The maximum Gasteiger partial charge on any atom is 0.260 e. The van der Waals surface area contributed by atoms with E-state index in [-0.39, 0.29) is 6.71 Å². The summed E-state index contributed by atoms with van der Waals surface area (Å²) in [6, 6.07) is 40.2. The van der Waals surface area contributed by atoms with Crippen LogP contribution in [0.25, 0.3) is 50.0 Å². The van der Waals surface area contributed by atoms with Crippen molar-refractivity contribution in [2.75, 3.05) is 0 Å². The highest BCUT2D eigenvalue weighted by molar-refractivity contribution is 6.98. The van der Waals surface area contributed by atoms with Crippen molar-refractivity contribution < 1.29 is 13.9 Å². The minimum Gasteiger partial charge on any atom is -0.458 e. The van der Waals surface area contributed by atoms with Crippen molar-refractivity contribution in [2.45, 2.75) is 39.5 Å². The van der Waals surface area contributed by atoms with Crippen molar-refractivity contribution in [1.82, 2.24) is 9.55 Å². The fourth-order valence-corrected chi connectivity index (χ4v) is 8.05. The highest BCUT2D eigenvalue weighted by Crippen LogP contribution is 2.43. The van der Waals surface area contributed by atoms with Gasteiger partial charge >= 0.3 is 0 Å². The van der Waals surface area contributed by atoms with E-state index in [0.29, 0.717) is 11.8 Å². The zero-order valence-corrected chi connectivity index (χ0v) is 27.8. The molecule has 0 radical (unpaired) electrons. The van der Waals surface area contributed by atoms with Crippen LogP contribution in [0, 0.1) is 0 Å². The van der Waals surface area contributed by atoms with Gasteiger partial charge in [0.15, 0.2) is 0 Å². The summed E-state index contributed by atoms with van der Waals surface area (Å²) in [6.07, 6.45) is 0. The fraction of sp³-hybridized carbons (Fsp3) is 0.140. The van der Waals surface area contributed by atoms with E-state index in [0.717, 1.165) is 83.7 Å². The average molecular weight is 637 g/mol. The molecule has 4 heterocycles. The van der Waals surface area contributed by atoms with Crippen LogP contribution in [0.2, 0.25) is 0 Å². The number of furan rings is 1. The molecule has 10 rings (SSSR count). The summed E-state index contributed by atoms with van der Waals surface area (Å²) < 4.78 is 22.3. The lowest BCUT2D eigenvalue weighted by molar-refractivity contribution is 0.465. The summed E-state index contributed by atoms with van der Waals surface area (Å²) in [7, 11) is 0. The molecule has 0 amide bonds. The Morgan fingerprint density at radius 1 is 0.612 bits per heavy atom. The van der Waals surface area contributed by atoms with Gasteiger partial charge in [-0.05, 0) is 82.4 Å². The average Bonchev–Trinajstić information content (AvgIpc) is 3.68. The van der Waals surface area contributed by atoms with E-state index in [9.17, 15) is 0 Å². The van der Waals surface area contributed by atoms with Crippen LogP contribution < -0.4 is 25.9 Å². The van der Waals surface area contributed by atoms with E-state index in [4.69, 9.17) is 18.9 Å². The second kappa shape index (κ2) is 10.4. The van der Waals surface area contributed by atoms with Gasteiger partial charge in [0.25, 0.3) is 6.71 Å². The largest absolute Gasteiger partial charge is 0.458 e. The van der Waals surface area contributed by atoms with Gasteiger partial charge in [-0.3, -0.25) is 4.57 Å². The highest BCUT2D eigenvalue weighted by atomic mass is 16.5. The number of rotatable bonds is 4. The number of fused-ring (bicyclic) bond motifs is 8. The summed E-state index contributed by atoms with van der Waals surface area (Å²) in [5.74, 6) is 4.91. The Kier molecular flexibility index (Phi) is 5.99. The molecule has 2 aliphatic rings. The van der Waals surface area contributed by atoms with E-state index < -0.39 is 0 Å². The molecule has 2 aromatic heterocycles. The van der Waals surface area contributed by atoms with Crippen molar-refractivity contribution in [3.05, 3.63) is 126 Å². The van der Waals surface area contributed by atoms with Gasteiger partial charge in [-0.25, -0.2) is 4.98 Å². The van der Waals surface area contributed by atoms with Gasteiger partial charge in [0, 0.05) is 16.2 Å². The Morgan fingerprint density at radius 2 is 1.29 bits per heavy atom. The van der Waals surface area contributed by atoms with Crippen LogP contribution in [-0.2, 0) is 0 Å². The molecular formula is C43H33BN2O3. The highest BCUT2D eigenvalue weighted by Gasteiger charge is 2.40. The van der Waals surface area contributed by atoms with Gasteiger partial charge in [0.2, 0.25) is 0 Å². The lowest BCUT2D eigenvalue weighted by atomic mass is 9.35. The first kappa shape index (κ1) is 28.3. The Labute approximate surface area is 284 Å². The van der Waals surface area contributed by atoms with Gasteiger partial charge in [0.1, 0.15) is 40.0 Å². The Balaban J connectivity index is 1.24. The molecular weight excluding hydrogens is 603 g/mol. The van der Waals surface area contributed by atoms with Crippen LogP contribution in [-0.4, -0.2) is 16.3 Å². The van der Waals surface area contributed by atoms with Crippen LogP contribution in [0.3, 0.4) is 0 Å². The lowest BCUT2D eigenvalue weighted by Gasteiger charge is -2.32. The van der Waals surface area contributed by atoms with Gasteiger partial charge < -0.3 is 13.9 Å². The summed E-state index contributed by atoms with van der Waals surface area (Å²) in [6.45, 7) is 9.05. The predicted octanol–water partition coefficient (Wildman–Crippen LogP) is 9.57. The minimum atomic E-state index is -0.0248. The molecule has 0 bridgehead atoms. The first-order valence-electron chi connectivity index (χ1n) is 17.1. The number of ether oxygens (including phenoxy) is 2. The molecule has 236 valence electrons. The van der Waals surface area contributed by atoms with Gasteiger partial charge in [-0.2, -0.15) is 0 Å². The predicted molar refractivity (Wildman–Crippen MR) is 200 cm³/mol. The molecule has 5 nitrogen and oxygen atoms in total. The maximum absolute atomic E-state index is 6.92. The molecule has 0 aliphatic carbocycles. The summed E-state index contributed by atoms with van der Waals surface area (Å²) in [4.78, 5) is 5.32.